The summed E-state index contributed by atoms with van der Waals surface area (Å²) < 4.78 is 0. The van der Waals surface area contributed by atoms with E-state index in [1.807, 2.05) is 6.92 Å². The van der Waals surface area contributed by atoms with Crippen LogP contribution in [-0.2, 0) is 14.4 Å². The number of hydrogen-bond donors (Lipinski definition) is 2. The van der Waals surface area contributed by atoms with Gasteiger partial charge in [0.15, 0.2) is 0 Å². The zero-order valence-electron chi connectivity index (χ0n) is 18.3. The summed E-state index contributed by atoms with van der Waals surface area (Å²) in [5.41, 5.74) is 8.24. The van der Waals surface area contributed by atoms with Gasteiger partial charge in [-0.2, -0.15) is 5.06 Å². The van der Waals surface area contributed by atoms with Crippen LogP contribution in [0.1, 0.15) is 111 Å². The highest BCUT2D eigenvalue weighted by molar-refractivity contribution is 5.82. The second-order valence-corrected chi connectivity index (χ2v) is 7.33. The van der Waals surface area contributed by atoms with Gasteiger partial charge in [0.05, 0.1) is 6.54 Å². The predicted octanol–water partition coefficient (Wildman–Crippen LogP) is 4.61. The molecule has 0 spiro atoms. The Morgan fingerprint density at radius 2 is 1.36 bits per heavy atom. The van der Waals surface area contributed by atoms with Gasteiger partial charge in [0.25, 0.3) is 0 Å². The Balaban J connectivity index is 3.81. The maximum Gasteiger partial charge on any atom is 0.329 e. The van der Waals surface area contributed by atoms with Crippen LogP contribution in [0.5, 0.6) is 0 Å². The largest absolute Gasteiger partial charge is 0.366 e. The molecule has 0 bridgehead atoms. The molecule has 0 fully saturated rings. The molecular formula is C21H42N4O3. The minimum atomic E-state index is -0.471. The number of nitrogens with zero attached hydrogens (tertiary/aromatic N) is 2. The quantitative estimate of drug-likeness (QED) is 0.171. The average Bonchev–Trinajstić information content (AvgIpc) is 2.67. The highest BCUT2D eigenvalue weighted by Crippen LogP contribution is 2.11. The Labute approximate surface area is 171 Å². The summed E-state index contributed by atoms with van der Waals surface area (Å²) in [7, 11) is 0. The van der Waals surface area contributed by atoms with E-state index >= 15 is 0 Å². The third-order valence-electron chi connectivity index (χ3n) is 4.51. The van der Waals surface area contributed by atoms with Crippen molar-refractivity contribution in [3.8, 4) is 0 Å². The van der Waals surface area contributed by atoms with Crippen LogP contribution < -0.4 is 11.2 Å². The topological polar surface area (TPSA) is 97.0 Å². The molecule has 28 heavy (non-hydrogen) atoms. The summed E-state index contributed by atoms with van der Waals surface area (Å²) in [5.74, 6) is -0.658. The van der Waals surface area contributed by atoms with Crippen LogP contribution in [0.3, 0.4) is 0 Å². The van der Waals surface area contributed by atoms with E-state index in [1.54, 1.807) is 0 Å². The number of hydroxylamine groups is 2. The van der Waals surface area contributed by atoms with Gasteiger partial charge >= 0.3 is 5.97 Å². The average molecular weight is 399 g/mol. The molecule has 0 saturated heterocycles. The minimum Gasteiger partial charge on any atom is -0.366 e. The van der Waals surface area contributed by atoms with Gasteiger partial charge in [-0.1, -0.05) is 84.5 Å². The first-order chi connectivity index (χ1) is 13.5. The molecule has 7 heteroatoms. The van der Waals surface area contributed by atoms with Crippen LogP contribution >= 0.6 is 0 Å². The molecule has 0 aromatic carbocycles. The van der Waals surface area contributed by atoms with Crippen LogP contribution in [0.25, 0.3) is 0 Å². The molecule has 1 amide bonds. The predicted molar refractivity (Wildman–Crippen MR) is 114 cm³/mol. The van der Waals surface area contributed by atoms with Gasteiger partial charge in [0, 0.05) is 13.3 Å². The van der Waals surface area contributed by atoms with Crippen molar-refractivity contribution in [3.05, 3.63) is 0 Å². The molecule has 7 nitrogen and oxygen atoms in total. The van der Waals surface area contributed by atoms with Crippen LogP contribution in [0, 0.1) is 0 Å². The van der Waals surface area contributed by atoms with E-state index in [0.29, 0.717) is 13.0 Å². The van der Waals surface area contributed by atoms with Crippen molar-refractivity contribution in [1.29, 1.82) is 0 Å². The maximum absolute atomic E-state index is 11.9. The molecule has 0 rings (SSSR count). The first-order valence-corrected chi connectivity index (χ1v) is 11.1. The summed E-state index contributed by atoms with van der Waals surface area (Å²) in [5, 5.41) is 5.06. The lowest BCUT2D eigenvalue weighted by Gasteiger charge is -2.20. The summed E-state index contributed by atoms with van der Waals surface area (Å²) in [6.07, 6.45) is 15.8. The Bertz CT molecular complexity index is 441. The van der Waals surface area contributed by atoms with Gasteiger partial charge in [-0.3, -0.25) is 9.59 Å². The van der Waals surface area contributed by atoms with Crippen molar-refractivity contribution in [2.24, 2.45) is 10.8 Å². The SMILES string of the molecule is CCCCCCCCCCCCCC(=O)NN=C(N)N(CCCC)OC(C)=O. The summed E-state index contributed by atoms with van der Waals surface area (Å²) >= 11 is 0. The normalized spacial score (nSPS) is 11.3. The molecule has 0 saturated carbocycles. The van der Waals surface area contributed by atoms with E-state index in [1.165, 1.54) is 69.8 Å². The number of unbranched alkanes of at least 4 members (excludes halogenated alkanes) is 11. The number of amides is 1. The maximum atomic E-state index is 11.9. The molecule has 0 unspecified atom stereocenters. The van der Waals surface area contributed by atoms with E-state index in [-0.39, 0.29) is 11.9 Å². The molecule has 0 aliphatic rings. The first-order valence-electron chi connectivity index (χ1n) is 11.1. The van der Waals surface area contributed by atoms with Crippen molar-refractivity contribution < 1.29 is 14.4 Å². The number of rotatable bonds is 16. The third kappa shape index (κ3) is 16.4. The fourth-order valence-electron chi connectivity index (χ4n) is 2.84. The van der Waals surface area contributed by atoms with Crippen molar-refractivity contribution in [2.75, 3.05) is 6.54 Å². The molecule has 0 aliphatic heterocycles. The Morgan fingerprint density at radius 1 is 0.857 bits per heavy atom. The van der Waals surface area contributed by atoms with E-state index in [0.717, 1.165) is 25.7 Å². The molecule has 3 N–H and O–H groups in total. The molecule has 164 valence electrons. The van der Waals surface area contributed by atoms with Gasteiger partial charge < -0.3 is 10.6 Å². The zero-order valence-corrected chi connectivity index (χ0v) is 18.3. The molecule has 0 heterocycles. The van der Waals surface area contributed by atoms with Crippen molar-refractivity contribution in [3.63, 3.8) is 0 Å². The highest BCUT2D eigenvalue weighted by Gasteiger charge is 2.12. The van der Waals surface area contributed by atoms with Crippen LogP contribution in [0.4, 0.5) is 0 Å². The Kier molecular flexibility index (Phi) is 17.4. The second kappa shape index (κ2) is 18.6. The van der Waals surface area contributed by atoms with E-state index in [4.69, 9.17) is 10.6 Å². The lowest BCUT2D eigenvalue weighted by molar-refractivity contribution is -0.170. The summed E-state index contributed by atoms with van der Waals surface area (Å²) in [6.45, 7) is 6.01. The molecule has 0 radical (unpaired) electrons. The molecule has 0 aromatic heterocycles. The Morgan fingerprint density at radius 3 is 1.86 bits per heavy atom. The van der Waals surface area contributed by atoms with Gasteiger partial charge in [0.2, 0.25) is 11.9 Å². The van der Waals surface area contributed by atoms with Gasteiger partial charge in [-0.05, 0) is 12.8 Å². The number of carbonyl (C=O) groups excluding carboxylic acids is 2. The third-order valence-corrected chi connectivity index (χ3v) is 4.51. The number of guanidine groups is 1. The number of hydrogen-bond acceptors (Lipinski definition) is 4. The van der Waals surface area contributed by atoms with Gasteiger partial charge in [-0.15, -0.1) is 5.10 Å². The van der Waals surface area contributed by atoms with Gasteiger partial charge in [-0.25, -0.2) is 5.43 Å². The number of nitrogens with one attached hydrogen (secondary N) is 1. The number of carbonyl (C=O) groups is 2. The lowest BCUT2D eigenvalue weighted by atomic mass is 10.1. The Hall–Kier alpha value is -1.79. The van der Waals surface area contributed by atoms with Crippen LogP contribution in [-0.4, -0.2) is 29.4 Å². The zero-order chi connectivity index (χ0) is 21.0. The first kappa shape index (κ1) is 26.2. The fraction of sp³-hybridized carbons (Fsp3) is 0.857. The van der Waals surface area contributed by atoms with Crippen LogP contribution in [0.15, 0.2) is 5.10 Å². The monoisotopic (exact) mass is 398 g/mol. The van der Waals surface area contributed by atoms with Gasteiger partial charge in [0.1, 0.15) is 0 Å². The number of nitrogens with two attached hydrogens (primary N) is 1. The van der Waals surface area contributed by atoms with Crippen molar-refractivity contribution >= 4 is 17.8 Å². The van der Waals surface area contributed by atoms with Crippen LogP contribution in [0.2, 0.25) is 0 Å². The standard InChI is InChI=1S/C21H42N4O3/c1-4-6-8-9-10-11-12-13-14-15-16-17-20(27)23-24-21(22)25(18-7-5-2)28-19(3)26/h4-18H2,1-3H3,(H2,22,24)(H,23,27). The molecule has 0 aliphatic carbocycles. The van der Waals surface area contributed by atoms with Crippen molar-refractivity contribution in [2.45, 2.75) is 111 Å². The van der Waals surface area contributed by atoms with E-state index < -0.39 is 5.97 Å². The van der Waals surface area contributed by atoms with Crippen molar-refractivity contribution in [1.82, 2.24) is 10.5 Å². The molecular weight excluding hydrogens is 356 g/mol. The van der Waals surface area contributed by atoms with E-state index in [2.05, 4.69) is 17.5 Å². The second-order valence-electron chi connectivity index (χ2n) is 7.33. The summed E-state index contributed by atoms with van der Waals surface area (Å²) in [4.78, 5) is 28.0. The highest BCUT2D eigenvalue weighted by atomic mass is 16.7. The van der Waals surface area contributed by atoms with E-state index in [9.17, 15) is 9.59 Å². The molecule has 0 aromatic rings. The minimum absolute atomic E-state index is 0.0177. The summed E-state index contributed by atoms with van der Waals surface area (Å²) in [6, 6.07) is 0. The fourth-order valence-corrected chi connectivity index (χ4v) is 2.84. The molecule has 0 atom stereocenters. The number of hydrazone groups is 1. The smallest absolute Gasteiger partial charge is 0.329 e. The lowest BCUT2D eigenvalue weighted by Crippen LogP contribution is -2.41.